The Hall–Kier alpha value is -1.81. The van der Waals surface area contributed by atoms with Crippen molar-refractivity contribution in [2.75, 3.05) is 11.4 Å². The summed E-state index contributed by atoms with van der Waals surface area (Å²) in [5.41, 5.74) is 1.42. The minimum Gasteiger partial charge on any atom is -0.467 e. The summed E-state index contributed by atoms with van der Waals surface area (Å²) in [6.07, 6.45) is 0.917. The van der Waals surface area contributed by atoms with Crippen molar-refractivity contribution in [3.05, 3.63) is 53.7 Å². The molecule has 1 atom stereocenters. The average molecular weight is 263 g/mol. The van der Waals surface area contributed by atoms with Gasteiger partial charge in [-0.3, -0.25) is 0 Å². The number of hydrogen-bond donors (Lipinski definition) is 1. The highest BCUT2D eigenvalue weighted by Gasteiger charge is 2.15. The van der Waals surface area contributed by atoms with E-state index in [1.165, 1.54) is 12.1 Å². The summed E-state index contributed by atoms with van der Waals surface area (Å²) in [5, 5.41) is 9.78. The molecule has 1 aromatic heterocycles. The van der Waals surface area contributed by atoms with Crippen LogP contribution in [0.3, 0.4) is 0 Å². The SMILES string of the molecule is CCN(Cc1ccco1)c1ccc(F)cc1C(C)O. The number of aliphatic hydroxyl groups excluding tert-OH is 1. The van der Waals surface area contributed by atoms with Gasteiger partial charge in [0.1, 0.15) is 11.6 Å². The van der Waals surface area contributed by atoms with E-state index in [0.29, 0.717) is 12.1 Å². The molecule has 1 N–H and O–H groups in total. The number of furan rings is 1. The predicted molar refractivity (Wildman–Crippen MR) is 72.5 cm³/mol. The number of halogens is 1. The molecule has 1 heterocycles. The highest BCUT2D eigenvalue weighted by molar-refractivity contribution is 5.54. The average Bonchev–Trinajstić information content (AvgIpc) is 2.89. The molecule has 0 aliphatic rings. The molecular formula is C15H18FNO2. The van der Waals surface area contributed by atoms with E-state index in [1.54, 1.807) is 19.3 Å². The van der Waals surface area contributed by atoms with E-state index in [4.69, 9.17) is 4.42 Å². The standard InChI is InChI=1S/C15H18FNO2/c1-3-17(10-13-5-4-8-19-13)15-7-6-12(16)9-14(15)11(2)18/h4-9,11,18H,3,10H2,1-2H3. The van der Waals surface area contributed by atoms with E-state index in [1.807, 2.05) is 24.0 Å². The molecule has 2 rings (SSSR count). The normalized spacial score (nSPS) is 12.4. The Labute approximate surface area is 112 Å². The second-order valence-corrected chi connectivity index (χ2v) is 4.47. The summed E-state index contributed by atoms with van der Waals surface area (Å²) in [7, 11) is 0. The van der Waals surface area contributed by atoms with Crippen molar-refractivity contribution < 1.29 is 13.9 Å². The second-order valence-electron chi connectivity index (χ2n) is 4.47. The van der Waals surface area contributed by atoms with Crippen LogP contribution >= 0.6 is 0 Å². The molecule has 102 valence electrons. The summed E-state index contributed by atoms with van der Waals surface area (Å²) >= 11 is 0. The molecule has 0 fully saturated rings. The zero-order valence-corrected chi connectivity index (χ0v) is 11.1. The highest BCUT2D eigenvalue weighted by atomic mass is 19.1. The Morgan fingerprint density at radius 2 is 2.16 bits per heavy atom. The van der Waals surface area contributed by atoms with E-state index >= 15 is 0 Å². The smallest absolute Gasteiger partial charge is 0.123 e. The van der Waals surface area contributed by atoms with Crippen LogP contribution in [0.15, 0.2) is 41.0 Å². The van der Waals surface area contributed by atoms with Crippen LogP contribution in [-0.4, -0.2) is 11.7 Å². The van der Waals surface area contributed by atoms with Gasteiger partial charge in [-0.2, -0.15) is 0 Å². The lowest BCUT2D eigenvalue weighted by Gasteiger charge is -2.25. The van der Waals surface area contributed by atoms with Crippen LogP contribution in [0.4, 0.5) is 10.1 Å². The molecule has 3 nitrogen and oxygen atoms in total. The Kier molecular flexibility index (Phi) is 4.22. The molecule has 0 spiro atoms. The van der Waals surface area contributed by atoms with Gasteiger partial charge in [0.05, 0.1) is 18.9 Å². The van der Waals surface area contributed by atoms with E-state index in [2.05, 4.69) is 0 Å². The summed E-state index contributed by atoms with van der Waals surface area (Å²) in [5.74, 6) is 0.497. The molecule has 4 heteroatoms. The lowest BCUT2D eigenvalue weighted by atomic mass is 10.1. The molecule has 0 saturated heterocycles. The van der Waals surface area contributed by atoms with Crippen LogP contribution < -0.4 is 4.90 Å². The summed E-state index contributed by atoms with van der Waals surface area (Å²) in [6, 6.07) is 8.22. The highest BCUT2D eigenvalue weighted by Crippen LogP contribution is 2.28. The Morgan fingerprint density at radius 1 is 1.37 bits per heavy atom. The third-order valence-corrected chi connectivity index (χ3v) is 3.09. The number of anilines is 1. The molecule has 0 amide bonds. The first-order valence-electron chi connectivity index (χ1n) is 6.36. The van der Waals surface area contributed by atoms with Crippen LogP contribution in [0.1, 0.15) is 31.3 Å². The number of hydrogen-bond acceptors (Lipinski definition) is 3. The molecule has 19 heavy (non-hydrogen) atoms. The summed E-state index contributed by atoms with van der Waals surface area (Å²) < 4.78 is 18.6. The predicted octanol–water partition coefficient (Wildman–Crippen LogP) is 3.50. The number of aliphatic hydroxyl groups is 1. The van der Waals surface area contributed by atoms with E-state index in [0.717, 1.165) is 18.0 Å². The van der Waals surface area contributed by atoms with Crippen molar-refractivity contribution in [2.45, 2.75) is 26.5 Å². The third kappa shape index (κ3) is 3.15. The maximum atomic E-state index is 13.3. The molecule has 1 unspecified atom stereocenters. The third-order valence-electron chi connectivity index (χ3n) is 3.09. The zero-order valence-electron chi connectivity index (χ0n) is 11.1. The zero-order chi connectivity index (χ0) is 13.8. The monoisotopic (exact) mass is 263 g/mol. The Morgan fingerprint density at radius 3 is 2.74 bits per heavy atom. The second kappa shape index (κ2) is 5.89. The maximum Gasteiger partial charge on any atom is 0.123 e. The van der Waals surface area contributed by atoms with Gasteiger partial charge >= 0.3 is 0 Å². The van der Waals surface area contributed by atoms with Gasteiger partial charge in [-0.25, -0.2) is 4.39 Å². The van der Waals surface area contributed by atoms with E-state index < -0.39 is 6.10 Å². The minimum absolute atomic E-state index is 0.339. The van der Waals surface area contributed by atoms with Gasteiger partial charge in [-0.1, -0.05) is 0 Å². The van der Waals surface area contributed by atoms with Crippen molar-refractivity contribution in [1.82, 2.24) is 0 Å². The Bertz CT molecular complexity index is 523. The fourth-order valence-electron chi connectivity index (χ4n) is 2.11. The first-order valence-corrected chi connectivity index (χ1v) is 6.36. The van der Waals surface area contributed by atoms with Crippen LogP contribution in [-0.2, 0) is 6.54 Å². The van der Waals surface area contributed by atoms with Gasteiger partial charge in [-0.15, -0.1) is 0 Å². The molecule has 0 saturated carbocycles. The van der Waals surface area contributed by atoms with Gasteiger partial charge in [0.15, 0.2) is 0 Å². The largest absolute Gasteiger partial charge is 0.467 e. The van der Waals surface area contributed by atoms with Crippen LogP contribution in [0.2, 0.25) is 0 Å². The number of benzene rings is 1. The lowest BCUT2D eigenvalue weighted by Crippen LogP contribution is -2.23. The van der Waals surface area contributed by atoms with E-state index in [9.17, 15) is 9.50 Å². The topological polar surface area (TPSA) is 36.6 Å². The molecule has 2 aromatic rings. The van der Waals surface area contributed by atoms with Gasteiger partial charge in [0.2, 0.25) is 0 Å². The van der Waals surface area contributed by atoms with Gasteiger partial charge in [0, 0.05) is 17.8 Å². The van der Waals surface area contributed by atoms with Crippen molar-refractivity contribution >= 4 is 5.69 Å². The minimum atomic E-state index is -0.712. The molecular weight excluding hydrogens is 245 g/mol. The van der Waals surface area contributed by atoms with Crippen LogP contribution in [0.25, 0.3) is 0 Å². The molecule has 0 aliphatic heterocycles. The molecule has 0 bridgehead atoms. The first kappa shape index (κ1) is 13.6. The van der Waals surface area contributed by atoms with E-state index in [-0.39, 0.29) is 5.82 Å². The quantitative estimate of drug-likeness (QED) is 0.897. The lowest BCUT2D eigenvalue weighted by molar-refractivity contribution is 0.199. The van der Waals surface area contributed by atoms with Gasteiger partial charge in [-0.05, 0) is 44.2 Å². The fraction of sp³-hybridized carbons (Fsp3) is 0.333. The van der Waals surface area contributed by atoms with Crippen molar-refractivity contribution in [3.8, 4) is 0 Å². The molecule has 0 radical (unpaired) electrons. The Balaban J connectivity index is 2.32. The van der Waals surface area contributed by atoms with Crippen LogP contribution in [0.5, 0.6) is 0 Å². The van der Waals surface area contributed by atoms with Crippen molar-refractivity contribution in [2.24, 2.45) is 0 Å². The fourth-order valence-corrected chi connectivity index (χ4v) is 2.11. The van der Waals surface area contributed by atoms with Crippen molar-refractivity contribution in [1.29, 1.82) is 0 Å². The summed E-state index contributed by atoms with van der Waals surface area (Å²) in [4.78, 5) is 2.04. The molecule has 1 aromatic carbocycles. The van der Waals surface area contributed by atoms with Crippen LogP contribution in [0, 0.1) is 5.82 Å². The van der Waals surface area contributed by atoms with Gasteiger partial charge in [0.25, 0.3) is 0 Å². The number of nitrogens with zero attached hydrogens (tertiary/aromatic N) is 1. The summed E-state index contributed by atoms with van der Waals surface area (Å²) in [6.45, 7) is 4.98. The van der Waals surface area contributed by atoms with Gasteiger partial charge < -0.3 is 14.4 Å². The van der Waals surface area contributed by atoms with Crippen molar-refractivity contribution in [3.63, 3.8) is 0 Å². The number of rotatable bonds is 5. The molecule has 0 aliphatic carbocycles. The first-order chi connectivity index (χ1) is 9.11. The maximum absolute atomic E-state index is 13.3.